The number of phenols is 1. The Balaban J connectivity index is 1.52. The fraction of sp³-hybridized carbons (Fsp3) is 0.333. The Labute approximate surface area is 199 Å². The van der Waals surface area contributed by atoms with E-state index in [9.17, 15) is 28.6 Å². The molecule has 0 aromatic heterocycles. The first-order valence-corrected chi connectivity index (χ1v) is 11.1. The van der Waals surface area contributed by atoms with Crippen LogP contribution in [0.2, 0.25) is 0 Å². The third kappa shape index (κ3) is 5.23. The Hall–Kier alpha value is -4.02. The Morgan fingerprint density at radius 2 is 2.03 bits per heavy atom. The number of hydrazone groups is 2. The number of rotatable bonds is 7. The van der Waals surface area contributed by atoms with E-state index in [2.05, 4.69) is 20.4 Å². The van der Waals surface area contributed by atoms with Gasteiger partial charge in [-0.3, -0.25) is 15.0 Å². The van der Waals surface area contributed by atoms with Crippen molar-refractivity contribution in [3.8, 4) is 11.5 Å². The molecule has 35 heavy (non-hydrogen) atoms. The zero-order chi connectivity index (χ0) is 25.1. The lowest BCUT2D eigenvalue weighted by Gasteiger charge is -2.27. The lowest BCUT2D eigenvalue weighted by molar-refractivity contribution is -0.143. The number of carbonyl (C=O) groups is 2. The summed E-state index contributed by atoms with van der Waals surface area (Å²) in [7, 11) is 0. The zero-order valence-electron chi connectivity index (χ0n) is 18.8. The number of aliphatic carboxylic acids is 1. The van der Waals surface area contributed by atoms with Gasteiger partial charge in [0.15, 0.2) is 5.71 Å². The van der Waals surface area contributed by atoms with Crippen LogP contribution in [0.4, 0.5) is 20.2 Å². The standard InChI is InChI=1S/C24H24F2N4O5/c1-13-20(22(32)30(29-13)16-7-3-8-17(12-16)35-24(25)26)28-27-19-10-4-9-18(21(19)31)14-5-2-6-15(11-14)23(33)34/h3-4,7-10,12,14-15,24,27,31H,2,5-6,11H2,1H3,(H,33,34). The molecule has 1 saturated carbocycles. The van der Waals surface area contributed by atoms with E-state index in [1.165, 1.54) is 24.3 Å². The number of phenolic OH excluding ortho intramolecular Hbond substituents is 1. The highest BCUT2D eigenvalue weighted by atomic mass is 19.3. The van der Waals surface area contributed by atoms with Gasteiger partial charge in [-0.25, -0.2) is 0 Å². The molecular weight excluding hydrogens is 462 g/mol. The van der Waals surface area contributed by atoms with Crippen LogP contribution in [-0.2, 0) is 9.59 Å². The molecule has 11 heteroatoms. The normalized spacial score (nSPS) is 21.4. The maximum absolute atomic E-state index is 12.9. The first kappa shape index (κ1) is 24.1. The minimum absolute atomic E-state index is 0.0152. The highest BCUT2D eigenvalue weighted by Crippen LogP contribution is 2.42. The summed E-state index contributed by atoms with van der Waals surface area (Å²) in [4.78, 5) is 24.3. The minimum atomic E-state index is -3.00. The number of aromatic hydroxyl groups is 1. The summed E-state index contributed by atoms with van der Waals surface area (Å²) in [6, 6.07) is 10.7. The van der Waals surface area contributed by atoms with E-state index < -0.39 is 24.4 Å². The zero-order valence-corrected chi connectivity index (χ0v) is 18.8. The van der Waals surface area contributed by atoms with Crippen LogP contribution in [0.15, 0.2) is 52.7 Å². The van der Waals surface area contributed by atoms with Crippen molar-refractivity contribution in [3.05, 3.63) is 48.0 Å². The molecule has 2 atom stereocenters. The van der Waals surface area contributed by atoms with Gasteiger partial charge in [0.25, 0.3) is 0 Å². The van der Waals surface area contributed by atoms with Gasteiger partial charge < -0.3 is 14.9 Å². The second-order valence-electron chi connectivity index (χ2n) is 8.39. The third-order valence-electron chi connectivity index (χ3n) is 6.09. The number of para-hydroxylation sites is 1. The molecule has 2 aromatic carbocycles. The molecule has 184 valence electrons. The maximum Gasteiger partial charge on any atom is 0.387 e. The highest BCUT2D eigenvalue weighted by Gasteiger charge is 2.32. The smallest absolute Gasteiger partial charge is 0.387 e. The van der Waals surface area contributed by atoms with E-state index in [1.807, 2.05) is 0 Å². The van der Waals surface area contributed by atoms with Crippen LogP contribution < -0.4 is 15.2 Å². The van der Waals surface area contributed by atoms with Crippen LogP contribution in [-0.4, -0.2) is 40.1 Å². The summed E-state index contributed by atoms with van der Waals surface area (Å²) in [6.07, 6.45) is 2.58. The Morgan fingerprint density at radius 1 is 1.26 bits per heavy atom. The summed E-state index contributed by atoms with van der Waals surface area (Å²) in [6.45, 7) is -1.43. The van der Waals surface area contributed by atoms with Crippen molar-refractivity contribution < 1.29 is 33.3 Å². The largest absolute Gasteiger partial charge is 0.505 e. The summed E-state index contributed by atoms with van der Waals surface area (Å²) in [5.41, 5.74) is 4.10. The van der Waals surface area contributed by atoms with Gasteiger partial charge in [-0.2, -0.15) is 24.0 Å². The van der Waals surface area contributed by atoms with Crippen LogP contribution in [0.3, 0.4) is 0 Å². The molecule has 1 amide bonds. The van der Waals surface area contributed by atoms with Crippen LogP contribution >= 0.6 is 0 Å². The molecule has 9 nitrogen and oxygen atoms in total. The van der Waals surface area contributed by atoms with Crippen molar-refractivity contribution in [2.24, 2.45) is 16.1 Å². The SMILES string of the molecule is CC1=NN(c2cccc(OC(F)F)c2)C(=O)C1=NNc1cccc(C2CCCC(C(=O)O)C2)c1O. The molecule has 1 aliphatic heterocycles. The molecule has 1 fully saturated rings. The highest BCUT2D eigenvalue weighted by molar-refractivity contribution is 6.71. The number of benzene rings is 2. The van der Waals surface area contributed by atoms with Crippen molar-refractivity contribution in [3.63, 3.8) is 0 Å². The second-order valence-corrected chi connectivity index (χ2v) is 8.39. The summed E-state index contributed by atoms with van der Waals surface area (Å²) < 4.78 is 29.4. The number of ether oxygens (including phenoxy) is 1. The number of nitrogens with zero attached hydrogens (tertiary/aromatic N) is 3. The molecule has 3 N–H and O–H groups in total. The predicted octanol–water partition coefficient (Wildman–Crippen LogP) is 4.54. The van der Waals surface area contributed by atoms with E-state index in [0.717, 1.165) is 17.9 Å². The van der Waals surface area contributed by atoms with Crippen molar-refractivity contribution in [2.45, 2.75) is 45.1 Å². The van der Waals surface area contributed by atoms with E-state index >= 15 is 0 Å². The van der Waals surface area contributed by atoms with Crippen LogP contribution in [0.5, 0.6) is 11.5 Å². The van der Waals surface area contributed by atoms with Gasteiger partial charge in [0.05, 0.1) is 23.0 Å². The van der Waals surface area contributed by atoms with Gasteiger partial charge in [-0.05, 0) is 55.9 Å². The minimum Gasteiger partial charge on any atom is -0.505 e. The number of carbonyl (C=O) groups excluding carboxylic acids is 1. The van der Waals surface area contributed by atoms with Gasteiger partial charge in [0.1, 0.15) is 11.5 Å². The Kier molecular flexibility index (Phi) is 6.94. The molecule has 4 rings (SSSR count). The second kappa shape index (κ2) is 10.1. The molecule has 0 saturated heterocycles. The van der Waals surface area contributed by atoms with Gasteiger partial charge >= 0.3 is 18.5 Å². The average molecular weight is 486 g/mol. The molecule has 0 bridgehead atoms. The average Bonchev–Trinajstić information content (AvgIpc) is 3.11. The number of amides is 1. The number of hydrogen-bond acceptors (Lipinski definition) is 7. The molecule has 2 aromatic rings. The number of hydrogen-bond donors (Lipinski definition) is 3. The van der Waals surface area contributed by atoms with Gasteiger partial charge in [0, 0.05) is 6.07 Å². The quantitative estimate of drug-likeness (QED) is 0.390. The number of carboxylic acid groups (broad SMARTS) is 1. The van der Waals surface area contributed by atoms with E-state index in [-0.39, 0.29) is 40.2 Å². The number of nitrogens with one attached hydrogen (secondary N) is 1. The predicted molar refractivity (Wildman–Crippen MR) is 125 cm³/mol. The van der Waals surface area contributed by atoms with Crippen molar-refractivity contribution in [2.75, 3.05) is 10.4 Å². The van der Waals surface area contributed by atoms with Crippen molar-refractivity contribution >= 4 is 34.7 Å². The van der Waals surface area contributed by atoms with Crippen molar-refractivity contribution in [1.29, 1.82) is 0 Å². The summed E-state index contributed by atoms with van der Waals surface area (Å²) >= 11 is 0. The lowest BCUT2D eigenvalue weighted by atomic mass is 9.77. The topological polar surface area (TPSA) is 124 Å². The molecule has 1 heterocycles. The van der Waals surface area contributed by atoms with Gasteiger partial charge in [0.2, 0.25) is 0 Å². The monoisotopic (exact) mass is 486 g/mol. The van der Waals surface area contributed by atoms with Gasteiger partial charge in [-0.1, -0.05) is 24.6 Å². The Bertz CT molecular complexity index is 1200. The maximum atomic E-state index is 12.9. The molecule has 2 unspecified atom stereocenters. The van der Waals surface area contributed by atoms with Crippen LogP contribution in [0.25, 0.3) is 0 Å². The molecule has 0 radical (unpaired) electrons. The third-order valence-corrected chi connectivity index (χ3v) is 6.09. The fourth-order valence-electron chi connectivity index (χ4n) is 4.39. The summed E-state index contributed by atoms with van der Waals surface area (Å²) in [5, 5.41) is 29.5. The van der Waals surface area contributed by atoms with Crippen LogP contribution in [0, 0.1) is 5.92 Å². The Morgan fingerprint density at radius 3 is 2.77 bits per heavy atom. The number of halogens is 2. The summed E-state index contributed by atoms with van der Waals surface area (Å²) in [5.74, 6) is -2.14. The molecule has 2 aliphatic rings. The number of carboxylic acids is 1. The lowest BCUT2D eigenvalue weighted by Crippen LogP contribution is -2.28. The molecular formula is C24H24F2N4O5. The van der Waals surface area contributed by atoms with Gasteiger partial charge in [-0.15, -0.1) is 0 Å². The van der Waals surface area contributed by atoms with E-state index in [1.54, 1.807) is 25.1 Å². The number of anilines is 2. The van der Waals surface area contributed by atoms with E-state index in [4.69, 9.17) is 0 Å². The number of alkyl halides is 2. The fourth-order valence-corrected chi connectivity index (χ4v) is 4.39. The first-order valence-electron chi connectivity index (χ1n) is 11.1. The first-order chi connectivity index (χ1) is 16.7. The molecule has 1 aliphatic carbocycles. The van der Waals surface area contributed by atoms with E-state index in [0.29, 0.717) is 18.4 Å². The molecule has 0 spiro atoms. The van der Waals surface area contributed by atoms with Crippen molar-refractivity contribution in [1.82, 2.24) is 0 Å². The van der Waals surface area contributed by atoms with Crippen LogP contribution in [0.1, 0.15) is 44.1 Å².